The summed E-state index contributed by atoms with van der Waals surface area (Å²) < 4.78 is 10.6. The highest BCUT2D eigenvalue weighted by Gasteiger charge is 2.24. The van der Waals surface area contributed by atoms with E-state index in [9.17, 15) is 9.59 Å². The number of pyridine rings is 1. The molecule has 2 aliphatic heterocycles. The predicted octanol–water partition coefficient (Wildman–Crippen LogP) is 3.45. The number of morpholine rings is 1. The number of carbonyl (C=O) groups is 2. The Kier molecular flexibility index (Phi) is 10.1. The van der Waals surface area contributed by atoms with E-state index in [2.05, 4.69) is 21.7 Å². The Morgan fingerprint density at radius 2 is 1.74 bits per heavy atom. The highest BCUT2D eigenvalue weighted by atomic mass is 16.6. The molecule has 2 saturated heterocycles. The van der Waals surface area contributed by atoms with Gasteiger partial charge in [-0.2, -0.15) is 5.26 Å². The zero-order chi connectivity index (χ0) is 25.1. The number of amides is 2. The number of anilines is 1. The van der Waals surface area contributed by atoms with Crippen LogP contribution in [0.2, 0.25) is 0 Å². The molecule has 2 fully saturated rings. The number of hydrogen-bond donors (Lipinski definition) is 1. The van der Waals surface area contributed by atoms with E-state index < -0.39 is 0 Å². The lowest BCUT2D eigenvalue weighted by Crippen LogP contribution is -2.36. The Balaban J connectivity index is 0.000000221. The largest absolute Gasteiger partial charge is 0.444 e. The number of nitrogens with zero attached hydrogens (tertiary/aromatic N) is 4. The molecule has 34 heavy (non-hydrogen) atoms. The molecule has 0 radical (unpaired) electrons. The van der Waals surface area contributed by atoms with Crippen molar-refractivity contribution in [2.24, 2.45) is 5.73 Å². The number of nitrogens with two attached hydrogens (primary N) is 1. The zero-order valence-electron chi connectivity index (χ0n) is 20.5. The molecule has 4 rings (SSSR count). The summed E-state index contributed by atoms with van der Waals surface area (Å²) in [6.45, 7) is 12.0. The van der Waals surface area contributed by atoms with Gasteiger partial charge in [-0.25, -0.2) is 4.79 Å². The standard InChI is InChI=1S/C14H13N3O.C9H17NO2.C2H5NO/c15-10-11-3-4-13(17-6-8-18-9-7-17)12-2-1-5-16-14(11)12;1-9(2,3)12-8(11)10-6-4-5-7-10;1-2(3)4/h1-5H,6-9H2;4-7H2,1-3H3;1H3,(H2,3,4). The fraction of sp³-hybridized carbons (Fsp3) is 0.520. The molecule has 2 amide bonds. The number of aromatic nitrogens is 1. The summed E-state index contributed by atoms with van der Waals surface area (Å²) >= 11 is 0. The Morgan fingerprint density at radius 1 is 1.12 bits per heavy atom. The van der Waals surface area contributed by atoms with Gasteiger partial charge in [0, 0.05) is 50.4 Å². The molecule has 0 unspecified atom stereocenters. The molecule has 0 aliphatic carbocycles. The molecule has 184 valence electrons. The number of hydrogen-bond acceptors (Lipinski definition) is 7. The number of nitriles is 1. The van der Waals surface area contributed by atoms with E-state index in [1.54, 1.807) is 11.1 Å². The minimum absolute atomic E-state index is 0.167. The first-order chi connectivity index (χ1) is 16.1. The smallest absolute Gasteiger partial charge is 0.410 e. The van der Waals surface area contributed by atoms with Gasteiger partial charge in [-0.05, 0) is 57.9 Å². The van der Waals surface area contributed by atoms with Crippen molar-refractivity contribution in [1.82, 2.24) is 9.88 Å². The van der Waals surface area contributed by atoms with Crippen molar-refractivity contribution in [3.63, 3.8) is 0 Å². The van der Waals surface area contributed by atoms with Gasteiger partial charge in [-0.3, -0.25) is 9.78 Å². The lowest BCUT2D eigenvalue weighted by atomic mass is 10.1. The molecule has 1 aromatic heterocycles. The second-order valence-electron chi connectivity index (χ2n) is 9.03. The van der Waals surface area contributed by atoms with E-state index in [-0.39, 0.29) is 17.6 Å². The van der Waals surface area contributed by atoms with Crippen molar-refractivity contribution in [1.29, 1.82) is 5.26 Å². The second-order valence-corrected chi connectivity index (χ2v) is 9.03. The van der Waals surface area contributed by atoms with Crippen LogP contribution in [0.4, 0.5) is 10.5 Å². The van der Waals surface area contributed by atoms with Crippen LogP contribution < -0.4 is 10.6 Å². The van der Waals surface area contributed by atoms with Crippen LogP contribution in [0.1, 0.15) is 46.1 Å². The van der Waals surface area contributed by atoms with Gasteiger partial charge in [0.05, 0.1) is 24.3 Å². The van der Waals surface area contributed by atoms with Crippen LogP contribution in [0.15, 0.2) is 30.5 Å². The van der Waals surface area contributed by atoms with Gasteiger partial charge in [-0.1, -0.05) is 0 Å². The minimum atomic E-state index is -0.361. The molecule has 0 spiro atoms. The first kappa shape index (κ1) is 26.9. The van der Waals surface area contributed by atoms with Crippen molar-refractivity contribution in [3.8, 4) is 6.07 Å². The third-order valence-corrected chi connectivity index (χ3v) is 4.98. The van der Waals surface area contributed by atoms with Gasteiger partial charge < -0.3 is 25.0 Å². The summed E-state index contributed by atoms with van der Waals surface area (Å²) in [5, 5.41) is 10.2. The molecular formula is C25H35N5O4. The molecule has 0 bridgehead atoms. The molecule has 1 aromatic carbocycles. The highest BCUT2D eigenvalue weighted by molar-refractivity contribution is 5.95. The molecule has 0 atom stereocenters. The molecule has 9 nitrogen and oxygen atoms in total. The summed E-state index contributed by atoms with van der Waals surface area (Å²) in [4.78, 5) is 29.0. The Labute approximate surface area is 201 Å². The maximum Gasteiger partial charge on any atom is 0.410 e. The lowest BCUT2D eigenvalue weighted by Gasteiger charge is -2.29. The van der Waals surface area contributed by atoms with Crippen LogP contribution in [0.25, 0.3) is 10.9 Å². The summed E-state index contributed by atoms with van der Waals surface area (Å²) in [7, 11) is 0. The summed E-state index contributed by atoms with van der Waals surface area (Å²) in [5.41, 5.74) is 6.66. The van der Waals surface area contributed by atoms with E-state index in [4.69, 9.17) is 14.7 Å². The number of ether oxygens (including phenoxy) is 2. The lowest BCUT2D eigenvalue weighted by molar-refractivity contribution is -0.115. The average Bonchev–Trinajstić information content (AvgIpc) is 3.33. The zero-order valence-corrected chi connectivity index (χ0v) is 20.5. The predicted molar refractivity (Wildman–Crippen MR) is 131 cm³/mol. The van der Waals surface area contributed by atoms with Crippen LogP contribution in [0.3, 0.4) is 0 Å². The molecule has 2 aromatic rings. The fourth-order valence-corrected chi connectivity index (χ4v) is 3.55. The molecule has 2 aliphatic rings. The number of benzene rings is 1. The number of fused-ring (bicyclic) bond motifs is 1. The topological polar surface area (TPSA) is 122 Å². The first-order valence-corrected chi connectivity index (χ1v) is 11.5. The molecule has 3 heterocycles. The third-order valence-electron chi connectivity index (χ3n) is 4.98. The summed E-state index contributed by atoms with van der Waals surface area (Å²) in [5.74, 6) is -0.333. The number of rotatable bonds is 1. The molecular weight excluding hydrogens is 434 g/mol. The molecule has 2 N–H and O–H groups in total. The summed E-state index contributed by atoms with van der Waals surface area (Å²) in [6.07, 6.45) is 3.78. The maximum absolute atomic E-state index is 11.4. The van der Waals surface area contributed by atoms with Gasteiger partial charge in [0.15, 0.2) is 0 Å². The van der Waals surface area contributed by atoms with Crippen molar-refractivity contribution in [3.05, 3.63) is 36.0 Å². The van der Waals surface area contributed by atoms with Crippen LogP contribution in [0.5, 0.6) is 0 Å². The Hall–Kier alpha value is -3.38. The van der Waals surface area contributed by atoms with Gasteiger partial charge in [-0.15, -0.1) is 0 Å². The monoisotopic (exact) mass is 469 g/mol. The summed E-state index contributed by atoms with van der Waals surface area (Å²) in [6, 6.07) is 9.98. The van der Waals surface area contributed by atoms with Crippen molar-refractivity contribution < 1.29 is 19.1 Å². The molecule has 9 heteroatoms. The molecule has 0 saturated carbocycles. The second kappa shape index (κ2) is 12.8. The van der Waals surface area contributed by atoms with Gasteiger partial charge in [0.1, 0.15) is 11.7 Å². The van der Waals surface area contributed by atoms with Crippen LogP contribution >= 0.6 is 0 Å². The highest BCUT2D eigenvalue weighted by Crippen LogP contribution is 2.28. The van der Waals surface area contributed by atoms with E-state index in [1.165, 1.54) is 6.92 Å². The minimum Gasteiger partial charge on any atom is -0.444 e. The fourth-order valence-electron chi connectivity index (χ4n) is 3.55. The van der Waals surface area contributed by atoms with E-state index >= 15 is 0 Å². The van der Waals surface area contributed by atoms with Crippen LogP contribution in [-0.2, 0) is 14.3 Å². The number of likely N-dealkylation sites (tertiary alicyclic amines) is 1. The number of carbonyl (C=O) groups excluding carboxylic acids is 2. The van der Waals surface area contributed by atoms with E-state index in [0.29, 0.717) is 5.56 Å². The Morgan fingerprint density at radius 3 is 2.29 bits per heavy atom. The maximum atomic E-state index is 11.4. The SMILES string of the molecule is CC(C)(C)OC(=O)N1CCCC1.CC(N)=O.N#Cc1ccc(N2CCOCC2)c2cccnc12. The van der Waals surface area contributed by atoms with E-state index in [1.807, 2.05) is 45.0 Å². The van der Waals surface area contributed by atoms with Crippen LogP contribution in [-0.4, -0.2) is 66.9 Å². The third kappa shape index (κ3) is 8.52. The first-order valence-electron chi connectivity index (χ1n) is 11.5. The van der Waals surface area contributed by atoms with Gasteiger partial charge in [0.2, 0.25) is 5.91 Å². The average molecular weight is 470 g/mol. The van der Waals surface area contributed by atoms with Gasteiger partial charge >= 0.3 is 6.09 Å². The van der Waals surface area contributed by atoms with Crippen molar-refractivity contribution in [2.45, 2.75) is 46.1 Å². The van der Waals surface area contributed by atoms with Crippen LogP contribution in [0, 0.1) is 11.3 Å². The van der Waals surface area contributed by atoms with Crippen molar-refractivity contribution in [2.75, 3.05) is 44.3 Å². The quantitative estimate of drug-likeness (QED) is 0.679. The van der Waals surface area contributed by atoms with Gasteiger partial charge in [0.25, 0.3) is 0 Å². The van der Waals surface area contributed by atoms with Crippen molar-refractivity contribution >= 4 is 28.6 Å². The van der Waals surface area contributed by atoms with E-state index in [0.717, 1.165) is 68.8 Å². The normalized spacial score (nSPS) is 15.4. The Bertz CT molecular complexity index is 997. The number of primary amides is 1.